The maximum absolute atomic E-state index is 12.6. The Morgan fingerprint density at radius 2 is 1.71 bits per heavy atom. The predicted octanol–water partition coefficient (Wildman–Crippen LogP) is 2.53. The zero-order valence-electron chi connectivity index (χ0n) is 16.8. The Morgan fingerprint density at radius 1 is 1.06 bits per heavy atom. The topological polar surface area (TPSA) is 131 Å². The van der Waals surface area contributed by atoms with E-state index in [2.05, 4.69) is 15.5 Å². The average Bonchev–Trinajstić information content (AvgIpc) is 3.06. The van der Waals surface area contributed by atoms with Crippen LogP contribution in [0, 0.1) is 6.92 Å². The molecular weight excluding hydrogens is 440 g/mol. The number of amides is 1. The Bertz CT molecular complexity index is 1200. The van der Waals surface area contributed by atoms with Crippen LogP contribution in [0.15, 0.2) is 58.6 Å². The van der Waals surface area contributed by atoms with Gasteiger partial charge in [-0.25, -0.2) is 13.2 Å². The van der Waals surface area contributed by atoms with Gasteiger partial charge in [0.1, 0.15) is 11.6 Å². The van der Waals surface area contributed by atoms with Gasteiger partial charge in [-0.2, -0.15) is 0 Å². The van der Waals surface area contributed by atoms with Gasteiger partial charge < -0.3 is 15.0 Å². The van der Waals surface area contributed by atoms with Crippen LogP contribution >= 0.6 is 11.8 Å². The van der Waals surface area contributed by atoms with E-state index >= 15 is 0 Å². The average molecular weight is 461 g/mol. The Labute approximate surface area is 183 Å². The lowest BCUT2D eigenvalue weighted by Crippen LogP contribution is -2.15. The quantitative estimate of drug-likeness (QED) is 0.490. The number of rotatable bonds is 8. The molecule has 9 nitrogen and oxygen atoms in total. The minimum atomic E-state index is -3.57. The molecule has 0 atom stereocenters. The van der Waals surface area contributed by atoms with Crippen LogP contribution in [-0.4, -0.2) is 45.9 Å². The van der Waals surface area contributed by atoms with Crippen molar-refractivity contribution in [1.82, 2.24) is 14.8 Å². The number of carbonyl (C=O) groups is 2. The molecule has 31 heavy (non-hydrogen) atoms. The second-order valence-corrected chi connectivity index (χ2v) is 9.68. The van der Waals surface area contributed by atoms with E-state index in [1.54, 1.807) is 35.9 Å². The molecule has 0 aliphatic carbocycles. The molecule has 0 bridgehead atoms. The number of hydrogen-bond acceptors (Lipinski definition) is 7. The standard InChI is InChI=1S/C20H20N4O5S2/c1-13-3-9-16(10-4-13)31(28,29)12-17-22-23-20(24(17)2)30-11-18(25)21-15-7-5-14(6-8-15)19(26)27/h3-10H,11-12H2,1-2H3,(H,21,25)(H,26,27). The molecule has 0 aliphatic heterocycles. The highest BCUT2D eigenvalue weighted by Crippen LogP contribution is 2.20. The summed E-state index contributed by atoms with van der Waals surface area (Å²) in [4.78, 5) is 23.2. The fourth-order valence-corrected chi connectivity index (χ4v) is 4.66. The first-order valence-electron chi connectivity index (χ1n) is 9.09. The van der Waals surface area contributed by atoms with Gasteiger partial charge in [-0.05, 0) is 43.3 Å². The van der Waals surface area contributed by atoms with Crippen molar-refractivity contribution in [2.24, 2.45) is 7.05 Å². The Kier molecular flexibility index (Phi) is 6.76. The zero-order chi connectivity index (χ0) is 22.6. The maximum atomic E-state index is 12.6. The number of aromatic nitrogens is 3. The van der Waals surface area contributed by atoms with Crippen LogP contribution < -0.4 is 5.32 Å². The van der Waals surface area contributed by atoms with Crippen molar-refractivity contribution in [2.75, 3.05) is 11.1 Å². The van der Waals surface area contributed by atoms with Crippen LogP contribution in [0.5, 0.6) is 0 Å². The number of anilines is 1. The van der Waals surface area contributed by atoms with Crippen LogP contribution in [0.4, 0.5) is 5.69 Å². The number of aryl methyl sites for hydroxylation is 1. The predicted molar refractivity (Wildman–Crippen MR) is 116 cm³/mol. The van der Waals surface area contributed by atoms with Crippen molar-refractivity contribution in [1.29, 1.82) is 0 Å². The largest absolute Gasteiger partial charge is 0.478 e. The number of benzene rings is 2. The summed E-state index contributed by atoms with van der Waals surface area (Å²) in [7, 11) is -1.93. The molecule has 0 spiro atoms. The van der Waals surface area contributed by atoms with E-state index in [4.69, 9.17) is 5.11 Å². The SMILES string of the molecule is Cc1ccc(S(=O)(=O)Cc2nnc(SCC(=O)Nc3ccc(C(=O)O)cc3)n2C)cc1. The molecule has 2 N–H and O–H groups in total. The summed E-state index contributed by atoms with van der Waals surface area (Å²) in [6.45, 7) is 1.88. The summed E-state index contributed by atoms with van der Waals surface area (Å²) in [5.41, 5.74) is 1.56. The summed E-state index contributed by atoms with van der Waals surface area (Å²) in [6.07, 6.45) is 0. The van der Waals surface area contributed by atoms with Gasteiger partial charge in [0.25, 0.3) is 0 Å². The highest BCUT2D eigenvalue weighted by atomic mass is 32.2. The molecule has 0 radical (unpaired) electrons. The molecule has 2 aromatic carbocycles. The summed E-state index contributed by atoms with van der Waals surface area (Å²) in [6, 6.07) is 12.4. The Balaban J connectivity index is 1.60. The number of nitrogens with zero attached hydrogens (tertiary/aromatic N) is 3. The summed E-state index contributed by atoms with van der Waals surface area (Å²) < 4.78 is 26.8. The third-order valence-corrected chi connectivity index (χ3v) is 7.02. The van der Waals surface area contributed by atoms with E-state index in [1.807, 2.05) is 6.92 Å². The minimum Gasteiger partial charge on any atom is -0.478 e. The molecule has 162 valence electrons. The molecule has 3 aromatic rings. The molecule has 0 saturated heterocycles. The number of aromatic carboxylic acids is 1. The lowest BCUT2D eigenvalue weighted by molar-refractivity contribution is -0.113. The second-order valence-electron chi connectivity index (χ2n) is 6.75. The molecule has 1 aromatic heterocycles. The lowest BCUT2D eigenvalue weighted by Gasteiger charge is -2.07. The van der Waals surface area contributed by atoms with Crippen molar-refractivity contribution in [3.8, 4) is 0 Å². The van der Waals surface area contributed by atoms with Crippen molar-refractivity contribution >= 4 is 39.2 Å². The zero-order valence-corrected chi connectivity index (χ0v) is 18.4. The highest BCUT2D eigenvalue weighted by Gasteiger charge is 2.20. The third-order valence-electron chi connectivity index (χ3n) is 4.37. The van der Waals surface area contributed by atoms with Crippen molar-refractivity contribution in [3.63, 3.8) is 0 Å². The van der Waals surface area contributed by atoms with Crippen LogP contribution in [-0.2, 0) is 27.4 Å². The molecule has 3 rings (SSSR count). The molecule has 0 aliphatic rings. The van der Waals surface area contributed by atoms with Gasteiger partial charge in [0.2, 0.25) is 5.91 Å². The molecule has 0 unspecified atom stereocenters. The third kappa shape index (κ3) is 5.70. The summed E-state index contributed by atoms with van der Waals surface area (Å²) in [5.74, 6) is -1.37. The monoisotopic (exact) mass is 460 g/mol. The van der Waals surface area contributed by atoms with Crippen LogP contribution in [0.1, 0.15) is 21.7 Å². The van der Waals surface area contributed by atoms with Crippen molar-refractivity contribution < 1.29 is 23.1 Å². The Morgan fingerprint density at radius 3 is 2.32 bits per heavy atom. The summed E-state index contributed by atoms with van der Waals surface area (Å²) >= 11 is 1.12. The van der Waals surface area contributed by atoms with Crippen LogP contribution in [0.25, 0.3) is 0 Å². The summed E-state index contributed by atoms with van der Waals surface area (Å²) in [5, 5.41) is 19.9. The Hall–Kier alpha value is -3.18. The first-order chi connectivity index (χ1) is 14.7. The molecule has 0 saturated carbocycles. The number of carboxylic acid groups (broad SMARTS) is 1. The number of hydrogen-bond donors (Lipinski definition) is 2. The number of carboxylic acids is 1. The van der Waals surface area contributed by atoms with Gasteiger partial charge in [-0.1, -0.05) is 29.5 Å². The first kappa shape index (κ1) is 22.5. The molecule has 0 fully saturated rings. The van der Waals surface area contributed by atoms with Gasteiger partial charge in [0, 0.05) is 12.7 Å². The maximum Gasteiger partial charge on any atom is 0.335 e. The van der Waals surface area contributed by atoms with Gasteiger partial charge in [-0.15, -0.1) is 10.2 Å². The number of sulfone groups is 1. The van der Waals surface area contributed by atoms with Crippen LogP contribution in [0.3, 0.4) is 0 Å². The fraction of sp³-hybridized carbons (Fsp3) is 0.200. The van der Waals surface area contributed by atoms with E-state index in [9.17, 15) is 18.0 Å². The second kappa shape index (κ2) is 9.31. The fourth-order valence-electron chi connectivity index (χ4n) is 2.62. The lowest BCUT2D eigenvalue weighted by atomic mass is 10.2. The normalized spacial score (nSPS) is 11.3. The van der Waals surface area contributed by atoms with Gasteiger partial charge in [-0.3, -0.25) is 4.79 Å². The minimum absolute atomic E-state index is 0.0252. The molecular formula is C20H20N4O5S2. The van der Waals surface area contributed by atoms with Gasteiger partial charge in [0.15, 0.2) is 15.0 Å². The van der Waals surface area contributed by atoms with E-state index in [0.29, 0.717) is 10.8 Å². The van der Waals surface area contributed by atoms with Crippen molar-refractivity contribution in [2.45, 2.75) is 22.7 Å². The van der Waals surface area contributed by atoms with Gasteiger partial charge >= 0.3 is 5.97 Å². The molecule has 1 amide bonds. The highest BCUT2D eigenvalue weighted by molar-refractivity contribution is 7.99. The van der Waals surface area contributed by atoms with Crippen molar-refractivity contribution in [3.05, 3.63) is 65.5 Å². The number of thioether (sulfide) groups is 1. The molecule has 1 heterocycles. The van der Waals surface area contributed by atoms with E-state index < -0.39 is 15.8 Å². The number of nitrogens with one attached hydrogen (secondary N) is 1. The smallest absolute Gasteiger partial charge is 0.335 e. The van der Waals surface area contributed by atoms with Crippen LogP contribution in [0.2, 0.25) is 0 Å². The van der Waals surface area contributed by atoms with E-state index in [1.165, 1.54) is 24.3 Å². The van der Waals surface area contributed by atoms with E-state index in [-0.39, 0.29) is 33.7 Å². The van der Waals surface area contributed by atoms with Gasteiger partial charge in [0.05, 0.1) is 16.2 Å². The first-order valence-corrected chi connectivity index (χ1v) is 11.7. The number of carbonyl (C=O) groups excluding carboxylic acids is 1. The molecule has 11 heteroatoms. The van der Waals surface area contributed by atoms with E-state index in [0.717, 1.165) is 17.3 Å².